The van der Waals surface area contributed by atoms with E-state index in [-0.39, 0.29) is 24.3 Å². The molecule has 0 radical (unpaired) electrons. The van der Waals surface area contributed by atoms with Crippen LogP contribution in [0.2, 0.25) is 0 Å². The molecule has 32 heavy (non-hydrogen) atoms. The maximum absolute atomic E-state index is 14.0. The summed E-state index contributed by atoms with van der Waals surface area (Å²) in [5.74, 6) is 2.97. The van der Waals surface area contributed by atoms with Gasteiger partial charge in [-0.3, -0.25) is 9.36 Å². The molecular formula is C24H33FN4O2S. The number of unbranched alkanes of at least 4 members (excludes halogenated alkanes) is 1. The number of hydrogen-bond acceptors (Lipinski definition) is 5. The number of hydrogen-bond donors (Lipinski definition) is 1. The van der Waals surface area contributed by atoms with Crippen molar-refractivity contribution in [2.75, 3.05) is 12.3 Å². The van der Waals surface area contributed by atoms with E-state index in [4.69, 9.17) is 4.74 Å². The second-order valence-corrected chi connectivity index (χ2v) is 10.0. The van der Waals surface area contributed by atoms with Gasteiger partial charge in [0.2, 0.25) is 5.91 Å². The average Bonchev–Trinajstić information content (AvgIpc) is 3.53. The minimum absolute atomic E-state index is 0.00901. The van der Waals surface area contributed by atoms with Gasteiger partial charge < -0.3 is 10.1 Å². The van der Waals surface area contributed by atoms with Crippen LogP contribution in [0.15, 0.2) is 29.4 Å². The predicted octanol–water partition coefficient (Wildman–Crippen LogP) is 5.00. The van der Waals surface area contributed by atoms with Crippen molar-refractivity contribution < 1.29 is 13.9 Å². The van der Waals surface area contributed by atoms with E-state index in [2.05, 4.69) is 33.9 Å². The lowest BCUT2D eigenvalue weighted by atomic mass is 9.84. The topological polar surface area (TPSA) is 69.0 Å². The minimum atomic E-state index is -0.391. The number of aromatic nitrogens is 3. The number of halogens is 1. The molecule has 6 nitrogen and oxygen atoms in total. The molecule has 2 aliphatic carbocycles. The van der Waals surface area contributed by atoms with Crippen molar-refractivity contribution in [1.29, 1.82) is 0 Å². The third-order valence-corrected chi connectivity index (χ3v) is 7.88. The van der Waals surface area contributed by atoms with E-state index in [1.807, 2.05) is 0 Å². The van der Waals surface area contributed by atoms with E-state index in [9.17, 15) is 9.18 Å². The van der Waals surface area contributed by atoms with E-state index in [1.165, 1.54) is 43.5 Å². The third kappa shape index (κ3) is 5.27. The highest BCUT2D eigenvalue weighted by Crippen LogP contribution is 2.52. The van der Waals surface area contributed by atoms with Gasteiger partial charge in [0.1, 0.15) is 6.61 Å². The molecule has 1 heterocycles. The Kier molecular flexibility index (Phi) is 7.71. The number of nitrogens with zero attached hydrogens (tertiary/aromatic N) is 3. The van der Waals surface area contributed by atoms with Crippen LogP contribution in [-0.2, 0) is 11.4 Å². The van der Waals surface area contributed by atoms with Crippen LogP contribution in [0.5, 0.6) is 5.75 Å². The van der Waals surface area contributed by atoms with Crippen molar-refractivity contribution in [2.45, 2.75) is 70.2 Å². The lowest BCUT2D eigenvalue weighted by molar-refractivity contribution is -0.118. The van der Waals surface area contributed by atoms with Crippen LogP contribution in [0.1, 0.15) is 64.2 Å². The standard InChI is InChI=1S/C24H33FN4O2S/c1-3-4-11-26-23(30)15-32-24-28-27-22(14-31-21-8-6-5-7-20(21)25)29(24)16(2)19-13-17-9-10-18(19)12-17/h5-8,16-19H,3-4,9-15H2,1-2H3,(H,26,30). The van der Waals surface area contributed by atoms with E-state index in [0.717, 1.165) is 29.8 Å². The first-order valence-electron chi connectivity index (χ1n) is 11.8. The first-order valence-corrected chi connectivity index (χ1v) is 12.8. The zero-order chi connectivity index (χ0) is 22.5. The Bertz CT molecular complexity index is 921. The Labute approximate surface area is 193 Å². The van der Waals surface area contributed by atoms with Gasteiger partial charge in [-0.1, -0.05) is 43.7 Å². The van der Waals surface area contributed by atoms with Gasteiger partial charge in [-0.05, 0) is 62.5 Å². The quantitative estimate of drug-likeness (QED) is 0.377. The SMILES string of the molecule is CCCCNC(=O)CSc1nnc(COc2ccccc2F)n1C(C)C1CC2CCC1C2. The summed E-state index contributed by atoms with van der Waals surface area (Å²) in [6, 6.07) is 6.61. The van der Waals surface area contributed by atoms with Gasteiger partial charge >= 0.3 is 0 Å². The Balaban J connectivity index is 1.49. The lowest BCUT2D eigenvalue weighted by Gasteiger charge is -2.30. The van der Waals surface area contributed by atoms with E-state index in [0.29, 0.717) is 24.0 Å². The third-order valence-electron chi connectivity index (χ3n) is 6.93. The summed E-state index contributed by atoms with van der Waals surface area (Å²) in [5, 5.41) is 12.5. The molecule has 4 atom stereocenters. The summed E-state index contributed by atoms with van der Waals surface area (Å²) in [5.41, 5.74) is 0. The molecule has 0 spiro atoms. The van der Waals surface area contributed by atoms with E-state index < -0.39 is 5.82 Å². The molecule has 2 saturated carbocycles. The summed E-state index contributed by atoms with van der Waals surface area (Å²) < 4.78 is 21.9. The highest BCUT2D eigenvalue weighted by atomic mass is 32.2. The Hall–Kier alpha value is -2.09. The smallest absolute Gasteiger partial charge is 0.230 e. The van der Waals surface area contributed by atoms with Gasteiger partial charge in [0, 0.05) is 12.6 Å². The molecule has 8 heteroatoms. The molecule has 2 aliphatic rings. The molecule has 1 amide bonds. The minimum Gasteiger partial charge on any atom is -0.483 e. The number of para-hydroxylation sites is 1. The zero-order valence-electron chi connectivity index (χ0n) is 18.9. The van der Waals surface area contributed by atoms with Gasteiger partial charge in [-0.15, -0.1) is 10.2 Å². The largest absolute Gasteiger partial charge is 0.483 e. The molecular weight excluding hydrogens is 427 g/mol. The normalized spacial score (nSPS) is 22.8. The van der Waals surface area contributed by atoms with Crippen LogP contribution in [0.3, 0.4) is 0 Å². The number of carbonyl (C=O) groups is 1. The van der Waals surface area contributed by atoms with Crippen molar-refractivity contribution in [3.8, 4) is 5.75 Å². The van der Waals surface area contributed by atoms with Gasteiger partial charge in [-0.2, -0.15) is 0 Å². The Morgan fingerprint density at radius 1 is 1.31 bits per heavy atom. The molecule has 0 aliphatic heterocycles. The number of amides is 1. The van der Waals surface area contributed by atoms with Crippen LogP contribution >= 0.6 is 11.8 Å². The molecule has 1 N–H and O–H groups in total. The number of thioether (sulfide) groups is 1. The van der Waals surface area contributed by atoms with Crippen LogP contribution in [0.4, 0.5) is 4.39 Å². The zero-order valence-corrected chi connectivity index (χ0v) is 19.7. The van der Waals surface area contributed by atoms with Crippen LogP contribution in [0, 0.1) is 23.6 Å². The fraction of sp³-hybridized carbons (Fsp3) is 0.625. The summed E-state index contributed by atoms with van der Waals surface area (Å²) in [6.45, 7) is 5.17. The van der Waals surface area contributed by atoms with Crippen LogP contribution in [0.25, 0.3) is 0 Å². The highest BCUT2D eigenvalue weighted by molar-refractivity contribution is 7.99. The number of carbonyl (C=O) groups excluding carboxylic acids is 1. The summed E-state index contributed by atoms with van der Waals surface area (Å²) >= 11 is 1.41. The second-order valence-electron chi connectivity index (χ2n) is 9.06. The fourth-order valence-corrected chi connectivity index (χ4v) is 6.15. The monoisotopic (exact) mass is 460 g/mol. The highest BCUT2D eigenvalue weighted by Gasteiger charge is 2.43. The summed E-state index contributed by atoms with van der Waals surface area (Å²) in [6.07, 6.45) is 7.23. The number of fused-ring (bicyclic) bond motifs is 2. The van der Waals surface area contributed by atoms with Crippen LogP contribution < -0.4 is 10.1 Å². The maximum atomic E-state index is 14.0. The predicted molar refractivity (Wildman–Crippen MR) is 123 cm³/mol. The van der Waals surface area contributed by atoms with Crippen LogP contribution in [-0.4, -0.2) is 33.0 Å². The van der Waals surface area contributed by atoms with Crippen molar-refractivity contribution >= 4 is 17.7 Å². The molecule has 4 unspecified atom stereocenters. The van der Waals surface area contributed by atoms with E-state index >= 15 is 0 Å². The second kappa shape index (κ2) is 10.7. The molecule has 4 rings (SSSR count). The maximum Gasteiger partial charge on any atom is 0.230 e. The van der Waals surface area contributed by atoms with Gasteiger partial charge in [0.25, 0.3) is 0 Å². The Morgan fingerprint density at radius 2 is 2.16 bits per heavy atom. The molecule has 2 bridgehead atoms. The summed E-state index contributed by atoms with van der Waals surface area (Å²) in [4.78, 5) is 12.2. The first kappa shape index (κ1) is 23.1. The lowest BCUT2D eigenvalue weighted by Crippen LogP contribution is -2.27. The van der Waals surface area contributed by atoms with E-state index in [1.54, 1.807) is 18.2 Å². The number of rotatable bonds is 11. The van der Waals surface area contributed by atoms with Gasteiger partial charge in [0.15, 0.2) is 22.5 Å². The van der Waals surface area contributed by atoms with Gasteiger partial charge in [-0.25, -0.2) is 4.39 Å². The molecule has 1 aromatic carbocycles. The number of ether oxygens (including phenoxy) is 1. The first-order chi connectivity index (χ1) is 15.6. The van der Waals surface area contributed by atoms with Crippen molar-refractivity contribution in [2.24, 2.45) is 17.8 Å². The van der Waals surface area contributed by atoms with Gasteiger partial charge in [0.05, 0.1) is 5.75 Å². The molecule has 0 saturated heterocycles. The Morgan fingerprint density at radius 3 is 2.88 bits per heavy atom. The number of benzene rings is 1. The molecule has 2 fully saturated rings. The fourth-order valence-electron chi connectivity index (χ4n) is 5.28. The van der Waals surface area contributed by atoms with Crippen molar-refractivity contribution in [3.05, 3.63) is 35.9 Å². The number of nitrogens with one attached hydrogen (secondary N) is 1. The van der Waals surface area contributed by atoms with Crippen molar-refractivity contribution in [1.82, 2.24) is 20.1 Å². The average molecular weight is 461 g/mol. The molecule has 174 valence electrons. The summed E-state index contributed by atoms with van der Waals surface area (Å²) in [7, 11) is 0. The van der Waals surface area contributed by atoms with Crippen molar-refractivity contribution in [3.63, 3.8) is 0 Å². The molecule has 2 aromatic rings. The molecule has 1 aromatic heterocycles.